The first-order valence-corrected chi connectivity index (χ1v) is 12.7. The van der Waals surface area contributed by atoms with Crippen LogP contribution >= 0.6 is 0 Å². The number of amides is 1. The summed E-state index contributed by atoms with van der Waals surface area (Å²) in [5.74, 6) is 1.05. The fourth-order valence-corrected chi connectivity index (χ4v) is 4.80. The van der Waals surface area contributed by atoms with Crippen molar-refractivity contribution in [2.24, 2.45) is 0 Å². The van der Waals surface area contributed by atoms with Crippen LogP contribution in [0.25, 0.3) is 0 Å². The normalized spacial score (nSPS) is 16.9. The highest BCUT2D eigenvalue weighted by Gasteiger charge is 2.42. The maximum absolute atomic E-state index is 13.1. The third kappa shape index (κ3) is 7.73. The number of benzene rings is 2. The van der Waals surface area contributed by atoms with Crippen LogP contribution in [0.15, 0.2) is 61.2 Å². The molecule has 2 aromatic carbocycles. The van der Waals surface area contributed by atoms with Crippen molar-refractivity contribution < 1.29 is 28.5 Å². The number of carbonyl (C=O) groups excluding carboxylic acids is 2. The summed E-state index contributed by atoms with van der Waals surface area (Å²) in [4.78, 5) is 29.6. The van der Waals surface area contributed by atoms with Crippen molar-refractivity contribution in [3.8, 4) is 11.5 Å². The van der Waals surface area contributed by atoms with Crippen molar-refractivity contribution in [1.82, 2.24) is 9.80 Å². The summed E-state index contributed by atoms with van der Waals surface area (Å²) in [6.45, 7) is 8.05. The van der Waals surface area contributed by atoms with E-state index >= 15 is 0 Å². The molecule has 0 saturated carbocycles. The Balaban J connectivity index is 1.73. The van der Waals surface area contributed by atoms with Gasteiger partial charge < -0.3 is 23.8 Å². The van der Waals surface area contributed by atoms with E-state index in [-0.39, 0.29) is 31.1 Å². The molecule has 0 aromatic heterocycles. The zero-order valence-corrected chi connectivity index (χ0v) is 22.1. The summed E-state index contributed by atoms with van der Waals surface area (Å²) in [7, 11) is 3.24. The highest BCUT2D eigenvalue weighted by Crippen LogP contribution is 2.30. The Kier molecular flexibility index (Phi) is 10.8. The molecule has 1 heterocycles. The van der Waals surface area contributed by atoms with Crippen molar-refractivity contribution in [2.75, 3.05) is 40.5 Å². The number of likely N-dealkylation sites (tertiary alicyclic amines) is 1. The van der Waals surface area contributed by atoms with Crippen molar-refractivity contribution in [1.29, 1.82) is 0 Å². The van der Waals surface area contributed by atoms with Crippen LogP contribution in [-0.2, 0) is 27.3 Å². The SMILES string of the molecule is C=CCN(CCc1ccc(OC)c(OC)c1)[C@H]1CCN(C(=O)OCc2ccccc2)[C@@H]1CC(=O)OCC. The summed E-state index contributed by atoms with van der Waals surface area (Å²) >= 11 is 0. The van der Waals surface area contributed by atoms with Gasteiger partial charge in [0, 0.05) is 25.7 Å². The number of hydrogen-bond acceptors (Lipinski definition) is 7. The lowest BCUT2D eigenvalue weighted by Gasteiger charge is -2.34. The Morgan fingerprint density at radius 1 is 1.05 bits per heavy atom. The van der Waals surface area contributed by atoms with E-state index in [1.165, 1.54) is 0 Å². The van der Waals surface area contributed by atoms with Crippen LogP contribution in [0.1, 0.15) is 30.9 Å². The summed E-state index contributed by atoms with van der Waals surface area (Å²) in [5.41, 5.74) is 2.02. The molecule has 0 N–H and O–H groups in total. The van der Waals surface area contributed by atoms with Gasteiger partial charge in [0.1, 0.15) is 6.61 Å². The summed E-state index contributed by atoms with van der Waals surface area (Å²) in [6.07, 6.45) is 3.04. The first-order chi connectivity index (χ1) is 18.0. The highest BCUT2D eigenvalue weighted by atomic mass is 16.6. The molecular weight excluding hydrogens is 472 g/mol. The van der Waals surface area contributed by atoms with Gasteiger partial charge in [-0.25, -0.2) is 4.79 Å². The average Bonchev–Trinajstić information content (AvgIpc) is 3.33. The number of nitrogens with zero attached hydrogens (tertiary/aromatic N) is 2. The van der Waals surface area contributed by atoms with Crippen LogP contribution in [0.4, 0.5) is 4.79 Å². The maximum Gasteiger partial charge on any atom is 0.410 e. The number of hydrogen-bond donors (Lipinski definition) is 0. The minimum absolute atomic E-state index is 0.0353. The van der Waals surface area contributed by atoms with Crippen LogP contribution in [0.2, 0.25) is 0 Å². The fraction of sp³-hybridized carbons (Fsp3) is 0.448. The molecule has 0 bridgehead atoms. The van der Waals surface area contributed by atoms with E-state index in [0.29, 0.717) is 31.2 Å². The lowest BCUT2D eigenvalue weighted by atomic mass is 10.0. The molecule has 8 nitrogen and oxygen atoms in total. The van der Waals surface area contributed by atoms with Crippen molar-refractivity contribution in [3.63, 3.8) is 0 Å². The molecule has 2 aromatic rings. The Morgan fingerprint density at radius 2 is 1.81 bits per heavy atom. The molecule has 1 saturated heterocycles. The molecule has 8 heteroatoms. The summed E-state index contributed by atoms with van der Waals surface area (Å²) in [6, 6.07) is 15.1. The Hall–Kier alpha value is -3.52. The van der Waals surface area contributed by atoms with Crippen molar-refractivity contribution >= 4 is 12.1 Å². The second-order valence-electron chi connectivity index (χ2n) is 8.89. The second-order valence-corrected chi connectivity index (χ2v) is 8.89. The molecule has 1 aliphatic heterocycles. The maximum atomic E-state index is 13.1. The van der Waals surface area contributed by atoms with Crippen LogP contribution in [0.3, 0.4) is 0 Å². The third-order valence-corrected chi connectivity index (χ3v) is 6.60. The van der Waals surface area contributed by atoms with E-state index in [1.807, 2.05) is 54.6 Å². The van der Waals surface area contributed by atoms with Gasteiger partial charge in [0.2, 0.25) is 0 Å². The van der Waals surface area contributed by atoms with Gasteiger partial charge >= 0.3 is 12.1 Å². The summed E-state index contributed by atoms with van der Waals surface area (Å²) in [5, 5.41) is 0. The minimum atomic E-state index is -0.418. The molecule has 0 radical (unpaired) electrons. The lowest BCUT2D eigenvalue weighted by Crippen LogP contribution is -2.48. The molecule has 0 unspecified atom stereocenters. The molecular formula is C29H38N2O6. The van der Waals surface area contributed by atoms with Gasteiger partial charge in [0.25, 0.3) is 0 Å². The first kappa shape index (κ1) is 28.1. The monoisotopic (exact) mass is 510 g/mol. The second kappa shape index (κ2) is 14.3. The largest absolute Gasteiger partial charge is 0.493 e. The van der Waals surface area contributed by atoms with E-state index < -0.39 is 6.09 Å². The van der Waals surface area contributed by atoms with Gasteiger partial charge in [0.05, 0.1) is 33.3 Å². The van der Waals surface area contributed by atoms with Gasteiger partial charge in [-0.3, -0.25) is 9.69 Å². The Bertz CT molecular complexity index is 1030. The predicted molar refractivity (Wildman–Crippen MR) is 142 cm³/mol. The lowest BCUT2D eigenvalue weighted by molar-refractivity contribution is -0.144. The molecule has 37 heavy (non-hydrogen) atoms. The molecule has 0 spiro atoms. The van der Waals surface area contributed by atoms with Crippen LogP contribution in [0, 0.1) is 0 Å². The molecule has 1 amide bonds. The Morgan fingerprint density at radius 3 is 2.49 bits per heavy atom. The van der Waals surface area contributed by atoms with E-state index in [2.05, 4.69) is 11.5 Å². The van der Waals surface area contributed by atoms with Gasteiger partial charge in [-0.1, -0.05) is 42.5 Å². The molecule has 1 aliphatic rings. The smallest absolute Gasteiger partial charge is 0.410 e. The third-order valence-electron chi connectivity index (χ3n) is 6.60. The predicted octanol–water partition coefficient (Wildman–Crippen LogP) is 4.47. The molecule has 2 atom stereocenters. The number of methoxy groups -OCH3 is 2. The van der Waals surface area contributed by atoms with Crippen LogP contribution in [0.5, 0.6) is 11.5 Å². The van der Waals surface area contributed by atoms with Crippen LogP contribution in [-0.4, -0.2) is 74.4 Å². The zero-order chi connectivity index (χ0) is 26.6. The van der Waals surface area contributed by atoms with Crippen molar-refractivity contribution in [3.05, 3.63) is 72.3 Å². The van der Waals surface area contributed by atoms with E-state index in [1.54, 1.807) is 26.0 Å². The summed E-state index contributed by atoms with van der Waals surface area (Å²) < 4.78 is 21.7. The Labute approximate surface area is 219 Å². The number of esters is 1. The molecule has 3 rings (SSSR count). The molecule has 200 valence electrons. The number of rotatable bonds is 13. The number of ether oxygens (including phenoxy) is 4. The fourth-order valence-electron chi connectivity index (χ4n) is 4.80. The first-order valence-electron chi connectivity index (χ1n) is 12.7. The van der Waals surface area contributed by atoms with Gasteiger partial charge in [-0.2, -0.15) is 0 Å². The van der Waals surface area contributed by atoms with Gasteiger partial charge in [-0.15, -0.1) is 6.58 Å². The zero-order valence-electron chi connectivity index (χ0n) is 22.1. The standard InChI is InChI=1S/C29H38N2O6/c1-5-16-30(17-14-22-12-13-26(34-3)27(19-22)35-4)24-15-18-31(25(24)20-28(32)36-6-2)29(33)37-21-23-10-8-7-9-11-23/h5,7-13,19,24-25H,1,6,14-18,20-21H2,2-4H3/t24-,25+/m0/s1. The van der Waals surface area contributed by atoms with Gasteiger partial charge in [0.15, 0.2) is 11.5 Å². The average molecular weight is 511 g/mol. The quantitative estimate of drug-likeness (QED) is 0.291. The minimum Gasteiger partial charge on any atom is -0.493 e. The topological polar surface area (TPSA) is 77.5 Å². The van der Waals surface area contributed by atoms with Crippen LogP contribution < -0.4 is 9.47 Å². The highest BCUT2D eigenvalue weighted by molar-refractivity contribution is 5.73. The molecule has 1 fully saturated rings. The molecule has 0 aliphatic carbocycles. The van der Waals surface area contributed by atoms with Crippen molar-refractivity contribution in [2.45, 2.75) is 44.9 Å². The van der Waals surface area contributed by atoms with E-state index in [4.69, 9.17) is 18.9 Å². The number of carbonyl (C=O) groups is 2. The van der Waals surface area contributed by atoms with E-state index in [9.17, 15) is 9.59 Å². The van der Waals surface area contributed by atoms with E-state index in [0.717, 1.165) is 30.5 Å². The van der Waals surface area contributed by atoms with Gasteiger partial charge in [-0.05, 0) is 43.0 Å².